The zero-order chi connectivity index (χ0) is 13.4. The molecule has 1 rings (SSSR count). The smallest absolute Gasteiger partial charge is 0.419 e. The number of carbonyl (C=O) groups excluding carboxylic acids is 1. The lowest BCUT2D eigenvalue weighted by molar-refractivity contribution is -0.268. The predicted molar refractivity (Wildman–Crippen MR) is 55.9 cm³/mol. The van der Waals surface area contributed by atoms with Crippen LogP contribution < -0.4 is 0 Å². The van der Waals surface area contributed by atoms with E-state index >= 15 is 0 Å². The molecule has 0 aliphatic carbocycles. The van der Waals surface area contributed by atoms with Gasteiger partial charge >= 0.3 is 12.1 Å². The van der Waals surface area contributed by atoms with Crippen LogP contribution in [0.3, 0.4) is 0 Å². The summed E-state index contributed by atoms with van der Waals surface area (Å²) in [5.41, 5.74) is -3.24. The number of ether oxygens (including phenoxy) is 1. The van der Waals surface area contributed by atoms with Gasteiger partial charge < -0.3 is 9.84 Å². The van der Waals surface area contributed by atoms with E-state index in [2.05, 4.69) is 4.74 Å². The number of nitrogens with one attached hydrogen (secondary N) is 1. The Bertz CT molecular complexity index is 347. The molecule has 1 aliphatic rings. The van der Waals surface area contributed by atoms with Crippen LogP contribution in [0, 0.1) is 11.3 Å². The fourth-order valence-electron chi connectivity index (χ4n) is 1.69. The van der Waals surface area contributed by atoms with Gasteiger partial charge in [0, 0.05) is 5.25 Å². The molecule has 0 aromatic heterocycles. The van der Waals surface area contributed by atoms with Gasteiger partial charge in [-0.1, -0.05) is 0 Å². The van der Waals surface area contributed by atoms with Gasteiger partial charge in [0.2, 0.25) is 0 Å². The highest BCUT2D eigenvalue weighted by Crippen LogP contribution is 2.50. The molecule has 3 atom stereocenters. The fraction of sp³-hybridized carbons (Fsp3) is 0.778. The normalized spacial score (nSPS) is 33.9. The molecule has 2 N–H and O–H groups in total. The Balaban J connectivity index is 3.16. The first-order valence-corrected chi connectivity index (χ1v) is 5.75. The monoisotopic (exact) mass is 271 g/mol. The number of halogens is 3. The van der Waals surface area contributed by atoms with Gasteiger partial charge in [0.15, 0.2) is 5.60 Å². The van der Waals surface area contributed by atoms with Crippen molar-refractivity contribution in [2.45, 2.75) is 30.9 Å². The number of hydrogen-bond donors (Lipinski definition) is 2. The minimum atomic E-state index is -4.99. The molecule has 17 heavy (non-hydrogen) atoms. The molecular formula is C9H12F3NO3S. The molecule has 4 nitrogen and oxygen atoms in total. The van der Waals surface area contributed by atoms with Crippen LogP contribution in [0.25, 0.3) is 0 Å². The van der Waals surface area contributed by atoms with Gasteiger partial charge in [0.25, 0.3) is 0 Å². The molecule has 3 unspecified atom stereocenters. The number of carbonyl (C=O) groups is 1. The molecule has 0 radical (unpaired) electrons. The van der Waals surface area contributed by atoms with Crippen molar-refractivity contribution in [2.24, 2.45) is 5.92 Å². The number of rotatable bonds is 2. The number of thioether (sulfide) groups is 1. The van der Waals surface area contributed by atoms with Crippen molar-refractivity contribution < 1.29 is 27.8 Å². The minimum absolute atomic E-state index is 0.102. The van der Waals surface area contributed by atoms with Gasteiger partial charge in [-0.15, -0.1) is 11.8 Å². The van der Waals surface area contributed by atoms with Crippen molar-refractivity contribution in [3.05, 3.63) is 0 Å². The molecule has 1 fully saturated rings. The molecule has 0 amide bonds. The molecule has 0 aromatic rings. The third-order valence-corrected chi connectivity index (χ3v) is 3.80. The van der Waals surface area contributed by atoms with Gasteiger partial charge in [0.1, 0.15) is 5.92 Å². The fourth-order valence-corrected chi connectivity index (χ4v) is 2.93. The summed E-state index contributed by atoms with van der Waals surface area (Å²) >= 11 is 0.529. The van der Waals surface area contributed by atoms with Gasteiger partial charge in [-0.3, -0.25) is 10.2 Å². The van der Waals surface area contributed by atoms with Gasteiger partial charge in [-0.25, -0.2) is 0 Å². The summed E-state index contributed by atoms with van der Waals surface area (Å²) in [7, 11) is 0. The zero-order valence-electron chi connectivity index (χ0n) is 9.17. The highest BCUT2D eigenvalue weighted by Gasteiger charge is 2.69. The lowest BCUT2D eigenvalue weighted by atomic mass is 9.85. The Labute approximate surface area is 100 Å². The second-order valence-electron chi connectivity index (χ2n) is 3.63. The average molecular weight is 271 g/mol. The predicted octanol–water partition coefficient (Wildman–Crippen LogP) is 1.57. The molecular weight excluding hydrogens is 259 g/mol. The maximum Gasteiger partial charge on any atom is 0.419 e. The Hall–Kier alpha value is -0.760. The van der Waals surface area contributed by atoms with Crippen LogP contribution in [-0.4, -0.2) is 39.8 Å². The third kappa shape index (κ3) is 2.15. The standard InChI is InChI=1S/C9H12F3NO3S/c1-3-16-7(14)5-6(13)17-4(2)8(5,15)9(10,11)12/h4-5,13,15H,3H2,1-2H3. The van der Waals surface area contributed by atoms with E-state index in [0.717, 1.165) is 6.92 Å². The summed E-state index contributed by atoms with van der Waals surface area (Å²) in [6.07, 6.45) is -4.99. The Kier molecular flexibility index (Phi) is 3.78. The van der Waals surface area contributed by atoms with Crippen LogP contribution in [0.2, 0.25) is 0 Å². The first-order valence-electron chi connectivity index (χ1n) is 4.87. The van der Waals surface area contributed by atoms with Crippen LogP contribution >= 0.6 is 11.8 Å². The van der Waals surface area contributed by atoms with E-state index in [4.69, 9.17) is 5.41 Å². The minimum Gasteiger partial charge on any atom is -0.465 e. The second kappa shape index (κ2) is 4.49. The van der Waals surface area contributed by atoms with Crippen molar-refractivity contribution in [1.82, 2.24) is 0 Å². The van der Waals surface area contributed by atoms with Gasteiger partial charge in [0.05, 0.1) is 11.7 Å². The largest absolute Gasteiger partial charge is 0.465 e. The highest BCUT2D eigenvalue weighted by atomic mass is 32.2. The lowest BCUT2D eigenvalue weighted by Crippen LogP contribution is -2.57. The van der Waals surface area contributed by atoms with Crippen molar-refractivity contribution in [1.29, 1.82) is 5.41 Å². The first kappa shape index (κ1) is 14.3. The second-order valence-corrected chi connectivity index (χ2v) is 5.02. The molecule has 0 saturated carbocycles. The molecule has 8 heteroatoms. The van der Waals surface area contributed by atoms with Crippen LogP contribution in [0.4, 0.5) is 13.2 Å². The molecule has 98 valence electrons. The molecule has 0 aromatic carbocycles. The van der Waals surface area contributed by atoms with E-state index in [9.17, 15) is 23.1 Å². The van der Waals surface area contributed by atoms with Crippen LogP contribution in [-0.2, 0) is 9.53 Å². The SMILES string of the molecule is CCOC(=O)C1C(=N)SC(C)C1(O)C(F)(F)F. The van der Waals surface area contributed by atoms with Crippen molar-refractivity contribution in [3.8, 4) is 0 Å². The average Bonchev–Trinajstić information content (AvgIpc) is 2.38. The summed E-state index contributed by atoms with van der Waals surface area (Å²) in [5, 5.41) is 15.3. The van der Waals surface area contributed by atoms with Crippen LogP contribution in [0.5, 0.6) is 0 Å². The van der Waals surface area contributed by atoms with E-state index in [0.29, 0.717) is 11.8 Å². The topological polar surface area (TPSA) is 70.4 Å². The van der Waals surface area contributed by atoms with E-state index in [-0.39, 0.29) is 6.61 Å². The number of alkyl halides is 3. The maximum atomic E-state index is 12.9. The first-order chi connectivity index (χ1) is 7.66. The summed E-state index contributed by atoms with van der Waals surface area (Å²) in [6.45, 7) is 2.47. The summed E-state index contributed by atoms with van der Waals surface area (Å²) in [4.78, 5) is 11.4. The maximum absolute atomic E-state index is 12.9. The number of esters is 1. The van der Waals surface area contributed by atoms with E-state index in [1.54, 1.807) is 0 Å². The van der Waals surface area contributed by atoms with Crippen molar-refractivity contribution in [3.63, 3.8) is 0 Å². The number of hydrogen-bond acceptors (Lipinski definition) is 5. The Morgan fingerprint density at radius 2 is 2.18 bits per heavy atom. The number of aliphatic hydroxyl groups is 1. The van der Waals surface area contributed by atoms with Gasteiger partial charge in [-0.2, -0.15) is 13.2 Å². The quantitative estimate of drug-likeness (QED) is 0.748. The van der Waals surface area contributed by atoms with Gasteiger partial charge in [-0.05, 0) is 13.8 Å². The molecule has 0 bridgehead atoms. The summed E-state index contributed by atoms with van der Waals surface area (Å²) < 4.78 is 43.0. The van der Waals surface area contributed by atoms with Crippen molar-refractivity contribution >= 4 is 22.8 Å². The Morgan fingerprint density at radius 3 is 2.59 bits per heavy atom. The molecule has 1 saturated heterocycles. The Morgan fingerprint density at radius 1 is 1.65 bits per heavy atom. The van der Waals surface area contributed by atoms with Crippen molar-refractivity contribution in [2.75, 3.05) is 6.61 Å². The summed E-state index contributed by atoms with van der Waals surface area (Å²) in [5.74, 6) is -3.20. The zero-order valence-corrected chi connectivity index (χ0v) is 9.98. The molecule has 1 aliphatic heterocycles. The van der Waals surface area contributed by atoms with Crippen LogP contribution in [0.15, 0.2) is 0 Å². The molecule has 1 heterocycles. The van der Waals surface area contributed by atoms with Crippen LogP contribution in [0.1, 0.15) is 13.8 Å². The molecule has 0 spiro atoms. The van der Waals surface area contributed by atoms with E-state index < -0.39 is 34.0 Å². The highest BCUT2D eigenvalue weighted by molar-refractivity contribution is 8.14. The lowest BCUT2D eigenvalue weighted by Gasteiger charge is -2.32. The van der Waals surface area contributed by atoms with E-state index in [1.165, 1.54) is 6.92 Å². The summed E-state index contributed by atoms with van der Waals surface area (Å²) in [6, 6.07) is 0. The van der Waals surface area contributed by atoms with E-state index in [1.807, 2.05) is 0 Å². The third-order valence-electron chi connectivity index (χ3n) is 2.60.